The molecule has 5 rings (SSSR count). The number of fused-ring (bicyclic) bond motifs is 2. The minimum absolute atomic E-state index is 0.0896. The second kappa shape index (κ2) is 9.60. The summed E-state index contributed by atoms with van der Waals surface area (Å²) in [4.78, 5) is 45.3. The van der Waals surface area contributed by atoms with Crippen molar-refractivity contribution in [3.8, 4) is 5.69 Å². The highest BCUT2D eigenvalue weighted by atomic mass is 19.4. The molecule has 4 heterocycles. The Morgan fingerprint density at radius 1 is 1.12 bits per heavy atom. The van der Waals surface area contributed by atoms with Crippen molar-refractivity contribution in [3.63, 3.8) is 0 Å². The van der Waals surface area contributed by atoms with Crippen molar-refractivity contribution >= 4 is 22.9 Å². The predicted octanol–water partition coefficient (Wildman–Crippen LogP) is 5.28. The zero-order chi connectivity index (χ0) is 30.0. The zero-order valence-corrected chi connectivity index (χ0v) is 22.9. The number of carbonyl (C=O) groups is 2. The fraction of sp³-hybridized carbons (Fsp3) is 0.357. The summed E-state index contributed by atoms with van der Waals surface area (Å²) in [5.41, 5.74) is -2.13. The van der Waals surface area contributed by atoms with Gasteiger partial charge in [-0.05, 0) is 64.4 Å². The molecule has 216 valence electrons. The van der Waals surface area contributed by atoms with E-state index in [1.54, 1.807) is 45.4 Å². The van der Waals surface area contributed by atoms with Crippen molar-refractivity contribution in [2.24, 2.45) is 0 Å². The van der Waals surface area contributed by atoms with E-state index in [9.17, 15) is 31.9 Å². The van der Waals surface area contributed by atoms with Gasteiger partial charge in [0.05, 0.1) is 23.1 Å². The molecule has 1 atom stereocenters. The van der Waals surface area contributed by atoms with Gasteiger partial charge in [0.1, 0.15) is 22.8 Å². The number of amides is 1. The fourth-order valence-corrected chi connectivity index (χ4v) is 5.00. The van der Waals surface area contributed by atoms with E-state index in [4.69, 9.17) is 4.74 Å². The molecule has 4 aromatic rings. The lowest BCUT2D eigenvalue weighted by molar-refractivity contribution is -0.136. The van der Waals surface area contributed by atoms with Gasteiger partial charge in [0, 0.05) is 36.9 Å². The van der Waals surface area contributed by atoms with E-state index in [-0.39, 0.29) is 29.7 Å². The van der Waals surface area contributed by atoms with Crippen LogP contribution in [0.3, 0.4) is 0 Å². The third-order valence-electron chi connectivity index (χ3n) is 6.79. The van der Waals surface area contributed by atoms with E-state index in [0.717, 1.165) is 12.3 Å². The van der Waals surface area contributed by atoms with Gasteiger partial charge in [-0.25, -0.2) is 14.2 Å². The molecule has 0 saturated heterocycles. The highest BCUT2D eigenvalue weighted by Crippen LogP contribution is 2.38. The molecule has 0 spiro atoms. The molecular weight excluding hydrogens is 546 g/mol. The van der Waals surface area contributed by atoms with Gasteiger partial charge >= 0.3 is 12.3 Å². The number of imidazole rings is 1. The van der Waals surface area contributed by atoms with E-state index < -0.39 is 52.3 Å². The highest BCUT2D eigenvalue weighted by Gasteiger charge is 2.38. The van der Waals surface area contributed by atoms with E-state index in [0.29, 0.717) is 22.0 Å². The van der Waals surface area contributed by atoms with Gasteiger partial charge in [-0.3, -0.25) is 14.2 Å². The van der Waals surface area contributed by atoms with Crippen LogP contribution in [0.4, 0.5) is 22.4 Å². The minimum atomic E-state index is -4.98. The monoisotopic (exact) mass is 573 g/mol. The summed E-state index contributed by atoms with van der Waals surface area (Å²) in [7, 11) is 0. The summed E-state index contributed by atoms with van der Waals surface area (Å²) in [5, 5.41) is -0.183. The summed E-state index contributed by atoms with van der Waals surface area (Å²) in [6, 6.07) is 3.66. The standard InChI is InChI=1S/C28H27F4N5O4/c1-15-10-34(14-33-15)21-6-7-22-25(39)35(16(2)11-36(22)24(21)38)12-17-13-37(26(40)41-27(3,4)5)23-19(17)8-18(29)9-20(23)28(30,31)32/h6-10,13-14,16H,11-12H2,1-5H3. The fourth-order valence-electron chi connectivity index (χ4n) is 5.00. The number of alkyl halides is 3. The summed E-state index contributed by atoms with van der Waals surface area (Å²) >= 11 is 0. The Morgan fingerprint density at radius 3 is 2.44 bits per heavy atom. The third-order valence-corrected chi connectivity index (χ3v) is 6.79. The first-order chi connectivity index (χ1) is 19.0. The Balaban J connectivity index is 1.59. The number of benzene rings is 1. The second-order valence-electron chi connectivity index (χ2n) is 11.1. The molecule has 1 aliphatic rings. The number of halogens is 4. The van der Waals surface area contributed by atoms with Crippen LogP contribution in [0.15, 0.2) is 47.8 Å². The number of carbonyl (C=O) groups excluding carboxylic acids is 2. The normalized spacial score (nSPS) is 15.9. The number of ether oxygens (including phenoxy) is 1. The van der Waals surface area contributed by atoms with Gasteiger partial charge < -0.3 is 18.8 Å². The molecule has 0 N–H and O–H groups in total. The Bertz CT molecular complexity index is 1760. The Morgan fingerprint density at radius 2 is 1.83 bits per heavy atom. The molecule has 0 aliphatic carbocycles. The molecule has 0 fully saturated rings. The quantitative estimate of drug-likeness (QED) is 0.311. The molecule has 13 heteroatoms. The average molecular weight is 574 g/mol. The maximum Gasteiger partial charge on any atom is 0.419 e. The Labute approximate surface area is 231 Å². The summed E-state index contributed by atoms with van der Waals surface area (Å²) in [6.07, 6.45) is -1.75. The molecule has 0 saturated carbocycles. The largest absolute Gasteiger partial charge is 0.443 e. The first kappa shape index (κ1) is 28.1. The average Bonchev–Trinajstić information content (AvgIpc) is 3.44. The summed E-state index contributed by atoms with van der Waals surface area (Å²) < 4.78 is 65.4. The predicted molar refractivity (Wildman–Crippen MR) is 140 cm³/mol. The maximum absolute atomic E-state index is 14.5. The molecule has 3 aromatic heterocycles. The van der Waals surface area contributed by atoms with Crippen LogP contribution in [0, 0.1) is 12.7 Å². The second-order valence-corrected chi connectivity index (χ2v) is 11.1. The number of hydrogen-bond donors (Lipinski definition) is 0. The number of aromatic nitrogens is 4. The first-order valence-corrected chi connectivity index (χ1v) is 12.7. The molecule has 41 heavy (non-hydrogen) atoms. The van der Waals surface area contributed by atoms with Crippen LogP contribution in [-0.2, 0) is 24.0 Å². The SMILES string of the molecule is Cc1cn(-c2ccc3n(c2=O)CC(C)N(Cc2cn(C(=O)OC(C)(C)C)c4c(C(F)(F)F)cc(F)cc24)C3=O)cn1. The van der Waals surface area contributed by atoms with Crippen LogP contribution in [-0.4, -0.2) is 47.2 Å². The molecule has 1 aliphatic heterocycles. The number of hydrogen-bond acceptors (Lipinski definition) is 5. The maximum atomic E-state index is 14.5. The molecule has 1 amide bonds. The van der Waals surface area contributed by atoms with Crippen LogP contribution in [0.5, 0.6) is 0 Å². The van der Waals surface area contributed by atoms with Crippen LogP contribution in [0.1, 0.15) is 55.0 Å². The van der Waals surface area contributed by atoms with Crippen LogP contribution >= 0.6 is 0 Å². The third kappa shape index (κ3) is 5.11. The van der Waals surface area contributed by atoms with Gasteiger partial charge in [0.2, 0.25) is 0 Å². The van der Waals surface area contributed by atoms with E-state index in [1.807, 2.05) is 0 Å². The lowest BCUT2D eigenvalue weighted by atomic mass is 10.1. The molecule has 0 bridgehead atoms. The van der Waals surface area contributed by atoms with Crippen LogP contribution in [0.25, 0.3) is 16.6 Å². The molecule has 1 aromatic carbocycles. The van der Waals surface area contributed by atoms with Crippen molar-refractivity contribution in [2.45, 2.75) is 65.5 Å². The van der Waals surface area contributed by atoms with Crippen LogP contribution < -0.4 is 5.56 Å². The summed E-state index contributed by atoms with van der Waals surface area (Å²) in [6.45, 7) is 8.02. The van der Waals surface area contributed by atoms with Crippen molar-refractivity contribution in [3.05, 3.63) is 81.7 Å². The number of pyridine rings is 1. The van der Waals surface area contributed by atoms with Crippen molar-refractivity contribution in [1.29, 1.82) is 0 Å². The van der Waals surface area contributed by atoms with Gasteiger partial charge in [-0.2, -0.15) is 13.2 Å². The van der Waals surface area contributed by atoms with Gasteiger partial charge in [0.25, 0.3) is 11.5 Å². The molecule has 9 nitrogen and oxygen atoms in total. The number of nitrogens with zero attached hydrogens (tertiary/aromatic N) is 5. The molecular formula is C28H27F4N5O4. The van der Waals surface area contributed by atoms with E-state index in [2.05, 4.69) is 4.98 Å². The van der Waals surface area contributed by atoms with E-state index in [1.165, 1.54) is 27.9 Å². The number of aryl methyl sites for hydroxylation is 1. The topological polar surface area (TPSA) is 91.4 Å². The van der Waals surface area contributed by atoms with Crippen molar-refractivity contribution in [1.82, 2.24) is 23.6 Å². The molecule has 1 unspecified atom stereocenters. The Kier molecular flexibility index (Phi) is 6.58. The van der Waals surface area contributed by atoms with Gasteiger partial charge in [-0.15, -0.1) is 0 Å². The Hall–Kier alpha value is -4.42. The first-order valence-electron chi connectivity index (χ1n) is 12.7. The minimum Gasteiger partial charge on any atom is -0.443 e. The highest BCUT2D eigenvalue weighted by molar-refractivity contribution is 5.96. The lowest BCUT2D eigenvalue weighted by Gasteiger charge is -2.35. The van der Waals surface area contributed by atoms with Crippen molar-refractivity contribution < 1.29 is 31.9 Å². The van der Waals surface area contributed by atoms with Crippen molar-refractivity contribution in [2.75, 3.05) is 0 Å². The van der Waals surface area contributed by atoms with E-state index >= 15 is 0 Å². The molecule has 0 radical (unpaired) electrons. The smallest absolute Gasteiger partial charge is 0.419 e. The lowest BCUT2D eigenvalue weighted by Crippen LogP contribution is -2.49. The zero-order valence-electron chi connectivity index (χ0n) is 22.9. The summed E-state index contributed by atoms with van der Waals surface area (Å²) in [5.74, 6) is -1.69. The number of rotatable bonds is 3. The van der Waals surface area contributed by atoms with Crippen LogP contribution in [0.2, 0.25) is 0 Å². The van der Waals surface area contributed by atoms with Gasteiger partial charge in [-0.1, -0.05) is 0 Å². The van der Waals surface area contributed by atoms with Gasteiger partial charge in [0.15, 0.2) is 0 Å².